The highest BCUT2D eigenvalue weighted by atomic mass is 127. The van der Waals surface area contributed by atoms with Crippen LogP contribution >= 0.6 is 34.2 Å². The minimum atomic E-state index is -0.172. The van der Waals surface area contributed by atoms with Crippen LogP contribution in [0.25, 0.3) is 0 Å². The van der Waals surface area contributed by atoms with Gasteiger partial charge < -0.3 is 4.74 Å². The predicted molar refractivity (Wildman–Crippen MR) is 95.8 cm³/mol. The summed E-state index contributed by atoms with van der Waals surface area (Å²) < 4.78 is 6.60. The number of benzene rings is 2. The van der Waals surface area contributed by atoms with Gasteiger partial charge in [0.15, 0.2) is 0 Å². The number of hydrazine groups is 1. The molecule has 1 unspecified atom stereocenters. The first kappa shape index (κ1) is 16.5. The molecule has 2 aromatic rings. The van der Waals surface area contributed by atoms with E-state index < -0.39 is 0 Å². The summed E-state index contributed by atoms with van der Waals surface area (Å²) in [5.41, 5.74) is 7.17. The molecule has 3 nitrogen and oxygen atoms in total. The summed E-state index contributed by atoms with van der Waals surface area (Å²) in [6.07, 6.45) is 0. The second-order valence-corrected chi connectivity index (χ2v) is 6.47. The van der Waals surface area contributed by atoms with E-state index in [0.717, 1.165) is 31.0 Å². The van der Waals surface area contributed by atoms with Gasteiger partial charge in [-0.05, 0) is 65.3 Å². The van der Waals surface area contributed by atoms with E-state index in [1.165, 1.54) is 5.56 Å². The van der Waals surface area contributed by atoms with Crippen molar-refractivity contribution in [1.29, 1.82) is 0 Å². The van der Waals surface area contributed by atoms with Crippen LogP contribution in [0.2, 0.25) is 5.02 Å². The van der Waals surface area contributed by atoms with E-state index in [2.05, 4.69) is 41.0 Å². The molecule has 0 bridgehead atoms. The van der Waals surface area contributed by atoms with Crippen molar-refractivity contribution >= 4 is 34.2 Å². The lowest BCUT2D eigenvalue weighted by molar-refractivity contribution is 0.400. The molecule has 0 aliphatic carbocycles. The number of aryl methyl sites for hydroxylation is 1. The fourth-order valence-electron chi connectivity index (χ4n) is 2.37. The highest BCUT2D eigenvalue weighted by Gasteiger charge is 2.19. The van der Waals surface area contributed by atoms with Crippen molar-refractivity contribution in [3.63, 3.8) is 0 Å². The summed E-state index contributed by atoms with van der Waals surface area (Å²) in [5.74, 6) is 6.64. The number of methoxy groups -OCH3 is 1. The number of ether oxygens (including phenoxy) is 1. The Balaban J connectivity index is 2.56. The lowest BCUT2D eigenvalue weighted by Crippen LogP contribution is -2.29. The van der Waals surface area contributed by atoms with Gasteiger partial charge >= 0.3 is 0 Å². The first-order chi connectivity index (χ1) is 9.99. The highest BCUT2D eigenvalue weighted by Crippen LogP contribution is 2.35. The maximum atomic E-state index is 6.23. The molecule has 3 N–H and O–H groups in total. The van der Waals surface area contributed by atoms with Crippen molar-refractivity contribution < 1.29 is 4.74 Å². The average molecular weight is 417 g/mol. The third kappa shape index (κ3) is 3.34. The van der Waals surface area contributed by atoms with Crippen LogP contribution in [0.1, 0.15) is 28.3 Å². The molecule has 0 saturated heterocycles. The topological polar surface area (TPSA) is 47.3 Å². The number of halogens is 2. The van der Waals surface area contributed by atoms with E-state index in [1.54, 1.807) is 7.11 Å². The van der Waals surface area contributed by atoms with Crippen LogP contribution in [-0.2, 0) is 0 Å². The summed E-state index contributed by atoms with van der Waals surface area (Å²) in [6.45, 7) is 4.11. The molecule has 0 spiro atoms. The van der Waals surface area contributed by atoms with Crippen molar-refractivity contribution in [2.24, 2.45) is 5.84 Å². The molecule has 0 heterocycles. The third-order valence-corrected chi connectivity index (χ3v) is 5.24. The maximum absolute atomic E-state index is 6.23. The third-order valence-electron chi connectivity index (χ3n) is 3.67. The monoisotopic (exact) mass is 416 g/mol. The highest BCUT2D eigenvalue weighted by molar-refractivity contribution is 14.1. The Morgan fingerprint density at radius 1 is 1.24 bits per heavy atom. The molecule has 0 fully saturated rings. The van der Waals surface area contributed by atoms with Crippen LogP contribution in [0.15, 0.2) is 30.3 Å². The average Bonchev–Trinajstić information content (AvgIpc) is 2.47. The largest absolute Gasteiger partial charge is 0.496 e. The Hall–Kier alpha value is -0.820. The minimum absolute atomic E-state index is 0.172. The fourth-order valence-corrected chi connectivity index (χ4v) is 2.89. The Morgan fingerprint density at radius 2 is 1.95 bits per heavy atom. The van der Waals surface area contributed by atoms with E-state index in [-0.39, 0.29) is 6.04 Å². The number of hydrogen-bond donors (Lipinski definition) is 2. The molecule has 2 aromatic carbocycles. The van der Waals surface area contributed by atoms with E-state index in [1.807, 2.05) is 31.2 Å². The van der Waals surface area contributed by atoms with Gasteiger partial charge in [0.1, 0.15) is 5.75 Å². The quantitative estimate of drug-likeness (QED) is 0.448. The van der Waals surface area contributed by atoms with Gasteiger partial charge in [-0.3, -0.25) is 5.84 Å². The number of nitrogens with one attached hydrogen (secondary N) is 1. The maximum Gasteiger partial charge on any atom is 0.127 e. The van der Waals surface area contributed by atoms with Crippen molar-refractivity contribution in [3.05, 3.63) is 61.2 Å². The summed E-state index contributed by atoms with van der Waals surface area (Å²) in [5, 5.41) is 0.719. The predicted octanol–water partition coefficient (Wildman–Crippen LogP) is 4.12. The molecule has 112 valence electrons. The molecular weight excluding hydrogens is 399 g/mol. The van der Waals surface area contributed by atoms with Crippen LogP contribution in [0.5, 0.6) is 5.75 Å². The van der Waals surface area contributed by atoms with Crippen LogP contribution in [0.3, 0.4) is 0 Å². The second-order valence-electron chi connectivity index (χ2n) is 4.90. The fraction of sp³-hybridized carbons (Fsp3) is 0.250. The van der Waals surface area contributed by atoms with Crippen LogP contribution in [-0.4, -0.2) is 7.11 Å². The summed E-state index contributed by atoms with van der Waals surface area (Å²) in [7, 11) is 1.68. The van der Waals surface area contributed by atoms with Gasteiger partial charge in [-0.15, -0.1) is 0 Å². The normalized spacial score (nSPS) is 12.3. The van der Waals surface area contributed by atoms with Crippen LogP contribution in [0.4, 0.5) is 0 Å². The zero-order valence-electron chi connectivity index (χ0n) is 12.2. The molecule has 0 aliphatic rings. The molecule has 0 amide bonds. The smallest absolute Gasteiger partial charge is 0.127 e. The Bertz CT molecular complexity index is 661. The standard InChI is InChI=1S/C16H18ClIN2O/c1-9-4-6-12(16(21-3)10(9)2)15(20-19)11-5-7-14(18)13(17)8-11/h4-8,15,20H,19H2,1-3H3. The van der Waals surface area contributed by atoms with Crippen molar-refractivity contribution in [1.82, 2.24) is 5.43 Å². The lowest BCUT2D eigenvalue weighted by atomic mass is 9.94. The molecule has 0 aliphatic heterocycles. The Labute approximate surface area is 143 Å². The summed E-state index contributed by atoms with van der Waals surface area (Å²) >= 11 is 8.43. The Kier molecular flexibility index (Phi) is 5.48. The molecule has 1 atom stereocenters. The second kappa shape index (κ2) is 6.96. The SMILES string of the molecule is COc1c(C(NN)c2ccc(I)c(Cl)c2)ccc(C)c1C. The first-order valence-electron chi connectivity index (χ1n) is 6.54. The van der Waals surface area contributed by atoms with Crippen molar-refractivity contribution in [3.8, 4) is 5.75 Å². The number of hydrogen-bond acceptors (Lipinski definition) is 3. The van der Waals surface area contributed by atoms with Crippen molar-refractivity contribution in [2.45, 2.75) is 19.9 Å². The summed E-state index contributed by atoms with van der Waals surface area (Å²) in [6, 6.07) is 9.88. The number of nitrogens with two attached hydrogens (primary N) is 1. The van der Waals surface area contributed by atoms with Crippen LogP contribution in [0, 0.1) is 17.4 Å². The molecule has 5 heteroatoms. The zero-order chi connectivity index (χ0) is 15.6. The van der Waals surface area contributed by atoms with E-state index in [0.29, 0.717) is 0 Å². The van der Waals surface area contributed by atoms with Gasteiger partial charge in [0.25, 0.3) is 0 Å². The zero-order valence-corrected chi connectivity index (χ0v) is 15.1. The van der Waals surface area contributed by atoms with E-state index >= 15 is 0 Å². The minimum Gasteiger partial charge on any atom is -0.496 e. The van der Waals surface area contributed by atoms with Crippen molar-refractivity contribution in [2.75, 3.05) is 7.11 Å². The lowest BCUT2D eigenvalue weighted by Gasteiger charge is -2.22. The molecule has 2 rings (SSSR count). The first-order valence-corrected chi connectivity index (χ1v) is 8.00. The molecule has 21 heavy (non-hydrogen) atoms. The summed E-state index contributed by atoms with van der Waals surface area (Å²) in [4.78, 5) is 0. The molecule has 0 saturated carbocycles. The van der Waals surface area contributed by atoms with Gasteiger partial charge in [-0.2, -0.15) is 0 Å². The molecule has 0 aromatic heterocycles. The van der Waals surface area contributed by atoms with Crippen LogP contribution < -0.4 is 16.0 Å². The van der Waals surface area contributed by atoms with E-state index in [4.69, 9.17) is 22.2 Å². The van der Waals surface area contributed by atoms with Gasteiger partial charge in [-0.1, -0.05) is 29.8 Å². The van der Waals surface area contributed by atoms with Gasteiger partial charge in [-0.25, -0.2) is 5.43 Å². The van der Waals surface area contributed by atoms with Gasteiger partial charge in [0.2, 0.25) is 0 Å². The molecule has 0 radical (unpaired) electrons. The van der Waals surface area contributed by atoms with E-state index in [9.17, 15) is 0 Å². The Morgan fingerprint density at radius 3 is 2.52 bits per heavy atom. The molecular formula is C16H18ClIN2O. The van der Waals surface area contributed by atoms with Gasteiger partial charge in [0, 0.05) is 9.13 Å². The van der Waals surface area contributed by atoms with Gasteiger partial charge in [0.05, 0.1) is 18.2 Å². The number of rotatable bonds is 4.